The molecule has 2 aromatic heterocycles. The van der Waals surface area contributed by atoms with Gasteiger partial charge in [-0.25, -0.2) is 9.97 Å². The van der Waals surface area contributed by atoms with Gasteiger partial charge in [0.05, 0.1) is 13.2 Å². The summed E-state index contributed by atoms with van der Waals surface area (Å²) in [6.07, 6.45) is 4.22. The van der Waals surface area contributed by atoms with Crippen LogP contribution < -0.4 is 10.2 Å². The van der Waals surface area contributed by atoms with Gasteiger partial charge in [-0.1, -0.05) is 6.42 Å². The molecule has 0 aliphatic carbocycles. The van der Waals surface area contributed by atoms with Crippen molar-refractivity contribution >= 4 is 51.0 Å². The van der Waals surface area contributed by atoms with Gasteiger partial charge in [0.2, 0.25) is 5.95 Å². The average Bonchev–Trinajstić information content (AvgIpc) is 2.69. The largest absolute Gasteiger partial charge is 0.378 e. The molecule has 160 valence electrons. The Bertz CT molecular complexity index is 671. The Morgan fingerprint density at radius 3 is 1.93 bits per heavy atom. The van der Waals surface area contributed by atoms with E-state index in [1.807, 2.05) is 13.0 Å². The van der Waals surface area contributed by atoms with Gasteiger partial charge in [-0.15, -0.1) is 0 Å². The molecular formula is C21H29FI2N4O. The van der Waals surface area contributed by atoms with E-state index in [9.17, 15) is 4.39 Å². The molecule has 2 aliphatic heterocycles. The van der Waals surface area contributed by atoms with Crippen LogP contribution in [0.2, 0.25) is 0 Å². The second-order valence-electron chi connectivity index (χ2n) is 6.94. The molecule has 0 saturated carbocycles. The lowest BCUT2D eigenvalue weighted by atomic mass is 10.2. The van der Waals surface area contributed by atoms with Gasteiger partial charge in [0.15, 0.2) is 0 Å². The molecule has 4 heterocycles. The fraction of sp³-hybridized carbons (Fsp3) is 0.524. The minimum absolute atomic E-state index is 0.403. The normalized spacial score (nSPS) is 16.2. The van der Waals surface area contributed by atoms with Crippen LogP contribution >= 0.6 is 45.2 Å². The maximum Gasteiger partial charge on any atom is 0.214 e. The van der Waals surface area contributed by atoms with Gasteiger partial charge >= 0.3 is 0 Å². The summed E-state index contributed by atoms with van der Waals surface area (Å²) in [5.74, 6) is 0.678. The van der Waals surface area contributed by atoms with Gasteiger partial charge < -0.3 is 15.0 Å². The number of hydrogen-bond donors (Lipinski definition) is 1. The molecule has 0 spiro atoms. The van der Waals surface area contributed by atoms with Crippen LogP contribution in [0.4, 0.5) is 10.2 Å². The zero-order chi connectivity index (χ0) is 21.1. The molecule has 0 aromatic carbocycles. The minimum Gasteiger partial charge on any atom is -0.378 e. The number of halogens is 3. The Hall–Kier alpha value is -0.590. The fourth-order valence-electron chi connectivity index (χ4n) is 2.95. The molecule has 0 unspecified atom stereocenters. The molecule has 2 aromatic rings. The molecule has 2 saturated heterocycles. The van der Waals surface area contributed by atoms with Crippen LogP contribution in [0.25, 0.3) is 0 Å². The summed E-state index contributed by atoms with van der Waals surface area (Å²) in [5, 5.41) is 3.28. The molecule has 2 aliphatic rings. The lowest BCUT2D eigenvalue weighted by molar-refractivity contribution is 0.122. The molecule has 4 rings (SSSR count). The van der Waals surface area contributed by atoms with Gasteiger partial charge in [-0.2, -0.15) is 4.39 Å². The first-order valence-electron chi connectivity index (χ1n) is 9.91. The first-order valence-corrected chi connectivity index (χ1v) is 12.1. The average molecular weight is 626 g/mol. The number of nitrogens with one attached hydrogen (secondary N) is 1. The van der Waals surface area contributed by atoms with Crippen molar-refractivity contribution < 1.29 is 9.13 Å². The van der Waals surface area contributed by atoms with Crippen molar-refractivity contribution in [3.8, 4) is 0 Å². The molecule has 5 nitrogen and oxygen atoms in total. The molecule has 29 heavy (non-hydrogen) atoms. The summed E-state index contributed by atoms with van der Waals surface area (Å²) in [6.45, 7) is 9.83. The van der Waals surface area contributed by atoms with E-state index >= 15 is 0 Å². The molecule has 8 heteroatoms. The SMILES string of the molecule is C1CCNCC1.Cc1cc(I)cc(F)n1.Cc1cc(I)cc(N2CCOCC2)n1. The van der Waals surface area contributed by atoms with E-state index in [0.29, 0.717) is 0 Å². The molecule has 1 N–H and O–H groups in total. The molecule has 2 fully saturated rings. The third kappa shape index (κ3) is 10.3. The van der Waals surface area contributed by atoms with Gasteiger partial charge in [0.1, 0.15) is 5.82 Å². The number of nitrogens with zero attached hydrogens (tertiary/aromatic N) is 3. The quantitative estimate of drug-likeness (QED) is 0.367. The van der Waals surface area contributed by atoms with Gasteiger partial charge in [0, 0.05) is 37.7 Å². The third-order valence-corrected chi connectivity index (χ3v) is 5.58. The second-order valence-corrected chi connectivity index (χ2v) is 9.44. The van der Waals surface area contributed by atoms with Gasteiger partial charge in [-0.05, 0) is 103 Å². The first kappa shape index (κ1) is 24.7. The summed E-state index contributed by atoms with van der Waals surface area (Å²) >= 11 is 4.38. The summed E-state index contributed by atoms with van der Waals surface area (Å²) in [6, 6.07) is 7.43. The summed E-state index contributed by atoms with van der Waals surface area (Å²) in [4.78, 5) is 10.4. The summed E-state index contributed by atoms with van der Waals surface area (Å²) in [5.41, 5.74) is 1.80. The van der Waals surface area contributed by atoms with Crippen molar-refractivity contribution in [2.75, 3.05) is 44.3 Å². The highest BCUT2D eigenvalue weighted by Gasteiger charge is 2.12. The van der Waals surface area contributed by atoms with Gasteiger partial charge in [-0.3, -0.25) is 0 Å². The van der Waals surface area contributed by atoms with Crippen LogP contribution in [0.1, 0.15) is 30.7 Å². The number of ether oxygens (including phenoxy) is 1. The van der Waals surface area contributed by atoms with E-state index in [1.165, 1.54) is 42.0 Å². The number of piperidine rings is 1. The monoisotopic (exact) mass is 626 g/mol. The molecule has 0 bridgehead atoms. The zero-order valence-electron chi connectivity index (χ0n) is 17.1. The molecule has 0 atom stereocenters. The Kier molecular flexibility index (Phi) is 11.6. The van der Waals surface area contributed by atoms with Crippen LogP contribution in [0.3, 0.4) is 0 Å². The van der Waals surface area contributed by atoms with E-state index in [0.717, 1.165) is 47.1 Å². The fourth-order valence-corrected chi connectivity index (χ4v) is 4.39. The van der Waals surface area contributed by atoms with Gasteiger partial charge in [0.25, 0.3) is 0 Å². The highest BCUT2D eigenvalue weighted by molar-refractivity contribution is 14.1. The topological polar surface area (TPSA) is 50.3 Å². The maximum atomic E-state index is 12.3. The Morgan fingerprint density at radius 2 is 1.48 bits per heavy atom. The maximum absolute atomic E-state index is 12.3. The number of aryl methyl sites for hydroxylation is 2. The van der Waals surface area contributed by atoms with E-state index in [2.05, 4.69) is 77.5 Å². The molecule has 0 amide bonds. The third-order valence-electron chi connectivity index (χ3n) is 4.33. The van der Waals surface area contributed by atoms with Crippen LogP contribution in [-0.4, -0.2) is 49.4 Å². The summed E-state index contributed by atoms with van der Waals surface area (Å²) < 4.78 is 19.8. The predicted octanol–water partition coefficient (Wildman–Crippen LogP) is 4.72. The molecule has 0 radical (unpaired) electrons. The van der Waals surface area contributed by atoms with E-state index in [1.54, 1.807) is 6.92 Å². The van der Waals surface area contributed by atoms with E-state index < -0.39 is 5.95 Å². The first-order chi connectivity index (χ1) is 13.9. The highest BCUT2D eigenvalue weighted by Crippen LogP contribution is 2.17. The Labute approximate surface area is 200 Å². The lowest BCUT2D eigenvalue weighted by Crippen LogP contribution is -2.36. The van der Waals surface area contributed by atoms with Crippen molar-refractivity contribution in [2.24, 2.45) is 0 Å². The number of morpholine rings is 1. The lowest BCUT2D eigenvalue weighted by Gasteiger charge is -2.28. The van der Waals surface area contributed by atoms with Crippen molar-refractivity contribution in [3.63, 3.8) is 0 Å². The predicted molar refractivity (Wildman–Crippen MR) is 133 cm³/mol. The Balaban J connectivity index is 0.000000171. The van der Waals surface area contributed by atoms with Crippen LogP contribution in [-0.2, 0) is 4.74 Å². The standard InChI is InChI=1S/C10H13IN2O.C6H5FIN.C5H11N/c1-8-6-9(11)7-10(12-8)13-2-4-14-5-3-13;1-4-2-5(8)3-6(7)9-4;1-2-4-6-5-3-1/h6-7H,2-5H2,1H3;2-3H,1H3;6H,1-5H2. The number of rotatable bonds is 1. The van der Waals surface area contributed by atoms with Crippen LogP contribution in [0.5, 0.6) is 0 Å². The van der Waals surface area contributed by atoms with Crippen molar-refractivity contribution in [1.82, 2.24) is 15.3 Å². The van der Waals surface area contributed by atoms with Crippen LogP contribution in [0, 0.1) is 26.9 Å². The van der Waals surface area contributed by atoms with Crippen molar-refractivity contribution in [3.05, 3.63) is 48.7 Å². The van der Waals surface area contributed by atoms with Crippen molar-refractivity contribution in [2.45, 2.75) is 33.1 Å². The zero-order valence-corrected chi connectivity index (χ0v) is 21.4. The van der Waals surface area contributed by atoms with Crippen molar-refractivity contribution in [1.29, 1.82) is 0 Å². The number of hydrogen-bond acceptors (Lipinski definition) is 5. The number of pyridine rings is 2. The number of anilines is 1. The molecular weight excluding hydrogens is 597 g/mol. The number of aromatic nitrogens is 2. The van der Waals surface area contributed by atoms with Crippen LogP contribution in [0.15, 0.2) is 24.3 Å². The van der Waals surface area contributed by atoms with E-state index in [4.69, 9.17) is 4.74 Å². The minimum atomic E-state index is -0.403. The van der Waals surface area contributed by atoms with E-state index in [-0.39, 0.29) is 0 Å². The smallest absolute Gasteiger partial charge is 0.214 e. The Morgan fingerprint density at radius 1 is 0.897 bits per heavy atom. The summed E-state index contributed by atoms with van der Waals surface area (Å²) in [7, 11) is 0. The highest BCUT2D eigenvalue weighted by atomic mass is 127. The second kappa shape index (κ2) is 13.7.